The van der Waals surface area contributed by atoms with E-state index >= 15 is 0 Å². The molecular weight excluding hydrogens is 342 g/mol. The van der Waals surface area contributed by atoms with Crippen molar-refractivity contribution in [1.29, 1.82) is 0 Å². The Balaban J connectivity index is 1.38. The summed E-state index contributed by atoms with van der Waals surface area (Å²) in [7, 11) is 0. The Morgan fingerprint density at radius 3 is 2.63 bits per heavy atom. The van der Waals surface area contributed by atoms with Gasteiger partial charge in [-0.3, -0.25) is 19.4 Å². The third kappa shape index (κ3) is 3.89. The quantitative estimate of drug-likeness (QED) is 0.894. The number of carbonyl (C=O) groups is 1. The van der Waals surface area contributed by atoms with Crippen molar-refractivity contribution < 1.29 is 9.90 Å². The van der Waals surface area contributed by atoms with Crippen molar-refractivity contribution in [3.8, 4) is 0 Å². The molecule has 0 unspecified atom stereocenters. The number of nitrogens with zero attached hydrogens (tertiary/aromatic N) is 5. The van der Waals surface area contributed by atoms with Gasteiger partial charge in [-0.2, -0.15) is 5.10 Å². The smallest absolute Gasteiger partial charge is 0.253 e. The molecule has 0 aliphatic carbocycles. The van der Waals surface area contributed by atoms with Crippen molar-refractivity contribution >= 4 is 5.91 Å². The van der Waals surface area contributed by atoms with E-state index in [1.807, 2.05) is 15.6 Å². The molecule has 7 nitrogen and oxygen atoms in total. The molecule has 1 saturated heterocycles. The van der Waals surface area contributed by atoms with Gasteiger partial charge < -0.3 is 10.0 Å². The number of pyridine rings is 1. The first-order valence-electron chi connectivity index (χ1n) is 9.80. The van der Waals surface area contributed by atoms with E-state index in [1.165, 1.54) is 5.69 Å². The number of hydrogen-bond donors (Lipinski definition) is 1. The van der Waals surface area contributed by atoms with Crippen molar-refractivity contribution in [3.63, 3.8) is 0 Å². The molecule has 0 radical (unpaired) electrons. The van der Waals surface area contributed by atoms with Crippen molar-refractivity contribution in [2.75, 3.05) is 19.6 Å². The molecule has 2 aliphatic rings. The molecule has 1 fully saturated rings. The highest BCUT2D eigenvalue weighted by Crippen LogP contribution is 2.24. The molecule has 27 heavy (non-hydrogen) atoms. The van der Waals surface area contributed by atoms with Crippen LogP contribution >= 0.6 is 0 Å². The highest BCUT2D eigenvalue weighted by Gasteiger charge is 2.29. The number of carbonyl (C=O) groups excluding carboxylic acids is 1. The van der Waals surface area contributed by atoms with E-state index in [9.17, 15) is 9.90 Å². The molecule has 0 aromatic carbocycles. The van der Waals surface area contributed by atoms with Gasteiger partial charge in [0.1, 0.15) is 0 Å². The molecule has 4 heterocycles. The first-order chi connectivity index (χ1) is 13.1. The molecule has 0 bridgehead atoms. The lowest BCUT2D eigenvalue weighted by Gasteiger charge is -2.38. The number of piperidine rings is 1. The van der Waals surface area contributed by atoms with Gasteiger partial charge in [-0.05, 0) is 44.4 Å². The zero-order valence-electron chi connectivity index (χ0n) is 15.8. The number of aliphatic hydroxyl groups excluding tert-OH is 1. The molecule has 1 atom stereocenters. The largest absolute Gasteiger partial charge is 0.387 e. The number of aliphatic hydroxyl groups is 1. The van der Waals surface area contributed by atoms with E-state index in [2.05, 4.69) is 15.0 Å². The third-order valence-electron chi connectivity index (χ3n) is 5.69. The van der Waals surface area contributed by atoms with Gasteiger partial charge in [-0.25, -0.2) is 0 Å². The highest BCUT2D eigenvalue weighted by molar-refractivity contribution is 5.94. The fraction of sp³-hybridized carbons (Fsp3) is 0.550. The van der Waals surface area contributed by atoms with E-state index in [-0.39, 0.29) is 5.91 Å². The Labute approximate surface area is 159 Å². The summed E-state index contributed by atoms with van der Waals surface area (Å²) < 4.78 is 2.05. The number of likely N-dealkylation sites (tertiary alicyclic amines) is 1. The molecule has 2 aliphatic heterocycles. The SMILES string of the molecule is C[C@@H](O)c1cc2n(n1)CCCN(C1CCN(C(=O)c3ccncc3)CC1)C2. The van der Waals surface area contributed by atoms with Crippen LogP contribution in [0, 0.1) is 0 Å². The summed E-state index contributed by atoms with van der Waals surface area (Å²) in [6, 6.07) is 6.09. The lowest BCUT2D eigenvalue weighted by atomic mass is 10.0. The molecule has 0 saturated carbocycles. The van der Waals surface area contributed by atoms with Crippen LogP contribution in [0.3, 0.4) is 0 Å². The van der Waals surface area contributed by atoms with Crippen molar-refractivity contribution in [1.82, 2.24) is 24.6 Å². The molecule has 2 aromatic rings. The standard InChI is InChI=1S/C20H27N5O2/c1-15(26)19-13-18-14-24(9-2-10-25(18)22-19)17-5-11-23(12-6-17)20(27)16-3-7-21-8-4-16/h3-4,7-8,13,15,17,26H,2,5-6,9-12,14H2,1H3/t15-/m1/s1. The fourth-order valence-corrected chi connectivity index (χ4v) is 4.14. The third-order valence-corrected chi connectivity index (χ3v) is 5.69. The van der Waals surface area contributed by atoms with Gasteiger partial charge in [-0.15, -0.1) is 0 Å². The fourth-order valence-electron chi connectivity index (χ4n) is 4.14. The summed E-state index contributed by atoms with van der Waals surface area (Å²) in [6.07, 6.45) is 5.86. The summed E-state index contributed by atoms with van der Waals surface area (Å²) in [5.41, 5.74) is 2.65. The van der Waals surface area contributed by atoms with E-state index in [1.54, 1.807) is 31.5 Å². The van der Waals surface area contributed by atoms with Crippen LogP contribution in [0.4, 0.5) is 0 Å². The molecule has 1 N–H and O–H groups in total. The Bertz CT molecular complexity index is 781. The van der Waals surface area contributed by atoms with Crippen LogP contribution < -0.4 is 0 Å². The van der Waals surface area contributed by atoms with Crippen LogP contribution in [-0.4, -0.2) is 61.3 Å². The normalized spacial score (nSPS) is 20.1. The van der Waals surface area contributed by atoms with Gasteiger partial charge in [0.05, 0.1) is 17.5 Å². The summed E-state index contributed by atoms with van der Waals surface area (Å²) in [5, 5.41) is 14.3. The van der Waals surface area contributed by atoms with E-state index < -0.39 is 6.10 Å². The van der Waals surface area contributed by atoms with Gasteiger partial charge in [0, 0.05) is 56.7 Å². The van der Waals surface area contributed by atoms with E-state index in [0.717, 1.165) is 57.7 Å². The number of rotatable bonds is 3. The minimum atomic E-state index is -0.527. The van der Waals surface area contributed by atoms with Crippen LogP contribution in [0.2, 0.25) is 0 Å². The van der Waals surface area contributed by atoms with Gasteiger partial charge in [0.25, 0.3) is 5.91 Å². The van der Waals surface area contributed by atoms with Crippen molar-refractivity contribution in [2.45, 2.75) is 51.4 Å². The van der Waals surface area contributed by atoms with Crippen molar-refractivity contribution in [2.24, 2.45) is 0 Å². The molecule has 0 spiro atoms. The van der Waals surface area contributed by atoms with Crippen LogP contribution in [0.5, 0.6) is 0 Å². The Kier molecular flexibility index (Phi) is 5.22. The summed E-state index contributed by atoms with van der Waals surface area (Å²) in [5.74, 6) is 0.103. The van der Waals surface area contributed by atoms with Crippen LogP contribution in [-0.2, 0) is 13.1 Å². The van der Waals surface area contributed by atoms with E-state index in [0.29, 0.717) is 11.6 Å². The molecule has 2 aromatic heterocycles. The first kappa shape index (κ1) is 18.1. The van der Waals surface area contributed by atoms with Crippen LogP contribution in [0.15, 0.2) is 30.6 Å². The average molecular weight is 369 g/mol. The molecule has 144 valence electrons. The Morgan fingerprint density at radius 2 is 1.93 bits per heavy atom. The summed E-state index contributed by atoms with van der Waals surface area (Å²) >= 11 is 0. The van der Waals surface area contributed by atoms with Gasteiger partial charge in [0.2, 0.25) is 0 Å². The number of aryl methyl sites for hydroxylation is 1. The zero-order valence-corrected chi connectivity index (χ0v) is 15.8. The molecule has 4 rings (SSSR count). The maximum absolute atomic E-state index is 12.6. The minimum absolute atomic E-state index is 0.103. The lowest BCUT2D eigenvalue weighted by Crippen LogP contribution is -2.46. The first-order valence-corrected chi connectivity index (χ1v) is 9.80. The molecular formula is C20H27N5O2. The van der Waals surface area contributed by atoms with Gasteiger partial charge in [-0.1, -0.05) is 0 Å². The van der Waals surface area contributed by atoms with E-state index in [4.69, 9.17) is 0 Å². The van der Waals surface area contributed by atoms with Crippen LogP contribution in [0.25, 0.3) is 0 Å². The lowest BCUT2D eigenvalue weighted by molar-refractivity contribution is 0.0609. The average Bonchev–Trinajstić information content (AvgIpc) is 3.00. The topological polar surface area (TPSA) is 74.5 Å². The Hall–Kier alpha value is -2.25. The number of aromatic nitrogens is 3. The van der Waals surface area contributed by atoms with Crippen molar-refractivity contribution in [3.05, 3.63) is 47.5 Å². The zero-order chi connectivity index (χ0) is 18.8. The maximum atomic E-state index is 12.6. The molecule has 1 amide bonds. The predicted octanol–water partition coefficient (Wildman–Crippen LogP) is 1.84. The number of hydrogen-bond acceptors (Lipinski definition) is 5. The number of fused-ring (bicyclic) bond motifs is 1. The van der Waals surface area contributed by atoms with Gasteiger partial charge >= 0.3 is 0 Å². The maximum Gasteiger partial charge on any atom is 0.253 e. The predicted molar refractivity (Wildman–Crippen MR) is 101 cm³/mol. The Morgan fingerprint density at radius 1 is 1.19 bits per heavy atom. The minimum Gasteiger partial charge on any atom is -0.387 e. The second-order valence-electron chi connectivity index (χ2n) is 7.54. The van der Waals surface area contributed by atoms with Gasteiger partial charge in [0.15, 0.2) is 0 Å². The highest BCUT2D eigenvalue weighted by atomic mass is 16.3. The second-order valence-corrected chi connectivity index (χ2v) is 7.54. The van der Waals surface area contributed by atoms with Crippen LogP contribution in [0.1, 0.15) is 54.0 Å². The molecule has 7 heteroatoms. The second kappa shape index (κ2) is 7.78. The summed E-state index contributed by atoms with van der Waals surface area (Å²) in [6.45, 7) is 6.16. The number of amides is 1. The monoisotopic (exact) mass is 369 g/mol. The summed E-state index contributed by atoms with van der Waals surface area (Å²) in [4.78, 5) is 21.1.